The molecular formula is C10H19ClN4S. The maximum absolute atomic E-state index is 4.55. The van der Waals surface area contributed by atoms with Gasteiger partial charge in [0.15, 0.2) is 5.79 Å². The molecule has 0 spiro atoms. The Kier molecular flexibility index (Phi) is 5.27. The van der Waals surface area contributed by atoms with Crippen molar-refractivity contribution in [2.45, 2.75) is 12.7 Å². The van der Waals surface area contributed by atoms with E-state index in [9.17, 15) is 0 Å². The van der Waals surface area contributed by atoms with Crippen molar-refractivity contribution in [3.63, 3.8) is 0 Å². The summed E-state index contributed by atoms with van der Waals surface area (Å²) in [6.45, 7) is 5.10. The van der Waals surface area contributed by atoms with Gasteiger partial charge in [-0.15, -0.1) is 12.4 Å². The molecule has 2 aliphatic rings. The molecule has 2 heterocycles. The van der Waals surface area contributed by atoms with Gasteiger partial charge >= 0.3 is 0 Å². The van der Waals surface area contributed by atoms with Crippen LogP contribution in [-0.2, 0) is 0 Å². The van der Waals surface area contributed by atoms with E-state index in [0.29, 0.717) is 5.92 Å². The molecule has 2 N–H and O–H groups in total. The zero-order valence-corrected chi connectivity index (χ0v) is 11.3. The minimum atomic E-state index is -0.301. The Morgan fingerprint density at radius 3 is 3.06 bits per heavy atom. The Labute approximate surface area is 107 Å². The minimum Gasteiger partial charge on any atom is -0.302 e. The second-order valence-corrected chi connectivity index (χ2v) is 4.66. The first-order chi connectivity index (χ1) is 7.27. The molecule has 0 aromatic carbocycles. The molecule has 6 heteroatoms. The zero-order valence-electron chi connectivity index (χ0n) is 9.64. The molecule has 4 nitrogen and oxygen atoms in total. The Balaban J connectivity index is 0.00000128. The van der Waals surface area contributed by atoms with E-state index in [1.807, 2.05) is 5.55 Å². The standard InChI is InChI=1S/C10H18N4S.ClH/c1-3-11-10(12-8-15-13-10)9-5-4-6-14(2)7-9;/h4-5,8-9,11,13H,3,6-7H2,1-2H3;1H. The Hall–Kier alpha value is -0.0700. The summed E-state index contributed by atoms with van der Waals surface area (Å²) in [5.41, 5.74) is 1.88. The molecule has 0 fully saturated rings. The monoisotopic (exact) mass is 262 g/mol. The average Bonchev–Trinajstić information content (AvgIpc) is 2.68. The smallest absolute Gasteiger partial charge is 0.182 e. The van der Waals surface area contributed by atoms with Gasteiger partial charge in [-0.3, -0.25) is 5.32 Å². The highest BCUT2D eigenvalue weighted by Crippen LogP contribution is 2.27. The van der Waals surface area contributed by atoms with E-state index in [4.69, 9.17) is 0 Å². The van der Waals surface area contributed by atoms with Gasteiger partial charge in [-0.2, -0.15) is 0 Å². The summed E-state index contributed by atoms with van der Waals surface area (Å²) >= 11 is 1.56. The number of likely N-dealkylation sites (N-methyl/N-ethyl adjacent to an activating group) is 1. The predicted molar refractivity (Wildman–Crippen MR) is 73.0 cm³/mol. The number of halogens is 1. The van der Waals surface area contributed by atoms with E-state index in [0.717, 1.165) is 19.6 Å². The third-order valence-electron chi connectivity index (χ3n) is 2.80. The van der Waals surface area contributed by atoms with Gasteiger partial charge in [0.05, 0.1) is 5.55 Å². The van der Waals surface area contributed by atoms with E-state index >= 15 is 0 Å². The fraction of sp³-hybridized carbons (Fsp3) is 0.700. The molecular weight excluding hydrogens is 244 g/mol. The van der Waals surface area contributed by atoms with Crippen LogP contribution in [0.1, 0.15) is 6.92 Å². The average molecular weight is 263 g/mol. The van der Waals surface area contributed by atoms with Crippen LogP contribution in [0.2, 0.25) is 0 Å². The highest BCUT2D eigenvalue weighted by molar-refractivity contribution is 8.10. The van der Waals surface area contributed by atoms with Crippen molar-refractivity contribution in [1.82, 2.24) is 14.9 Å². The van der Waals surface area contributed by atoms with Crippen molar-refractivity contribution in [2.75, 3.05) is 26.7 Å². The lowest BCUT2D eigenvalue weighted by molar-refractivity contribution is 0.188. The molecule has 16 heavy (non-hydrogen) atoms. The topological polar surface area (TPSA) is 39.7 Å². The van der Waals surface area contributed by atoms with Crippen LogP contribution in [0, 0.1) is 5.92 Å². The summed E-state index contributed by atoms with van der Waals surface area (Å²) in [6.07, 6.45) is 4.48. The van der Waals surface area contributed by atoms with Crippen molar-refractivity contribution in [3.05, 3.63) is 12.2 Å². The third-order valence-corrected chi connectivity index (χ3v) is 3.44. The van der Waals surface area contributed by atoms with Crippen molar-refractivity contribution in [3.8, 4) is 0 Å². The number of nitrogens with zero attached hydrogens (tertiary/aromatic N) is 2. The van der Waals surface area contributed by atoms with Crippen molar-refractivity contribution in [2.24, 2.45) is 10.9 Å². The first kappa shape index (κ1) is 14.0. The quantitative estimate of drug-likeness (QED) is 0.590. The van der Waals surface area contributed by atoms with Gasteiger partial charge in [0.2, 0.25) is 0 Å². The molecule has 2 unspecified atom stereocenters. The Morgan fingerprint density at radius 1 is 1.69 bits per heavy atom. The summed E-state index contributed by atoms with van der Waals surface area (Å²) in [7, 11) is 2.14. The van der Waals surface area contributed by atoms with Crippen LogP contribution in [0.25, 0.3) is 0 Å². The summed E-state index contributed by atoms with van der Waals surface area (Å²) in [5.74, 6) is 0.0902. The molecule has 0 aromatic heterocycles. The normalized spacial score (nSPS) is 34.0. The molecule has 0 aromatic rings. The molecule has 0 saturated carbocycles. The highest BCUT2D eigenvalue weighted by atomic mass is 35.5. The highest BCUT2D eigenvalue weighted by Gasteiger charge is 2.39. The van der Waals surface area contributed by atoms with Gasteiger partial charge in [0.1, 0.15) is 0 Å². The van der Waals surface area contributed by atoms with Gasteiger partial charge in [-0.25, -0.2) is 9.71 Å². The summed E-state index contributed by atoms with van der Waals surface area (Å²) in [5, 5.41) is 3.44. The maximum atomic E-state index is 4.55. The zero-order chi connectivity index (χ0) is 10.7. The van der Waals surface area contributed by atoms with Crippen LogP contribution < -0.4 is 10.0 Å². The fourth-order valence-electron chi connectivity index (χ4n) is 2.05. The lowest BCUT2D eigenvalue weighted by atomic mass is 9.97. The first-order valence-corrected chi connectivity index (χ1v) is 6.21. The summed E-state index contributed by atoms with van der Waals surface area (Å²) in [4.78, 5) is 6.86. The number of aliphatic imine (C=N–C) groups is 1. The van der Waals surface area contributed by atoms with Gasteiger partial charge in [-0.1, -0.05) is 19.1 Å². The largest absolute Gasteiger partial charge is 0.302 e. The van der Waals surface area contributed by atoms with Crippen LogP contribution in [0.5, 0.6) is 0 Å². The van der Waals surface area contributed by atoms with Crippen molar-refractivity contribution < 1.29 is 0 Å². The molecule has 92 valence electrons. The molecule has 0 bridgehead atoms. The lowest BCUT2D eigenvalue weighted by Crippen LogP contribution is -2.58. The van der Waals surface area contributed by atoms with Crippen LogP contribution >= 0.6 is 24.4 Å². The van der Waals surface area contributed by atoms with Crippen LogP contribution in [-0.4, -0.2) is 42.9 Å². The molecule has 0 aliphatic carbocycles. The summed E-state index contributed by atoms with van der Waals surface area (Å²) < 4.78 is 3.37. The van der Waals surface area contributed by atoms with Gasteiger partial charge in [0.25, 0.3) is 0 Å². The molecule has 0 amide bonds. The van der Waals surface area contributed by atoms with Crippen molar-refractivity contribution in [1.29, 1.82) is 0 Å². The first-order valence-electron chi connectivity index (χ1n) is 5.33. The fourth-order valence-corrected chi connectivity index (χ4v) is 2.78. The van der Waals surface area contributed by atoms with E-state index in [2.05, 4.69) is 46.1 Å². The molecule has 2 rings (SSSR count). The minimum absolute atomic E-state index is 0. The Bertz CT molecular complexity index is 284. The number of hydrogen-bond donors (Lipinski definition) is 2. The predicted octanol–water partition coefficient (Wildman–Crippen LogP) is 1.07. The van der Waals surface area contributed by atoms with Gasteiger partial charge in [-0.05, 0) is 25.5 Å². The number of rotatable bonds is 3. The van der Waals surface area contributed by atoms with E-state index < -0.39 is 0 Å². The summed E-state index contributed by atoms with van der Waals surface area (Å²) in [6, 6.07) is 0. The number of hydrogen-bond acceptors (Lipinski definition) is 5. The van der Waals surface area contributed by atoms with E-state index in [1.54, 1.807) is 11.9 Å². The third kappa shape index (κ3) is 2.78. The molecule has 2 aliphatic heterocycles. The Morgan fingerprint density at radius 2 is 2.50 bits per heavy atom. The second-order valence-electron chi connectivity index (χ2n) is 4.01. The number of nitrogens with one attached hydrogen (secondary N) is 2. The SMILES string of the molecule is CCNC1(C2C=CCN(C)C2)N=CSN1.Cl. The lowest BCUT2D eigenvalue weighted by Gasteiger charge is -2.37. The molecule has 0 saturated heterocycles. The molecule has 0 radical (unpaired) electrons. The van der Waals surface area contributed by atoms with Crippen LogP contribution in [0.4, 0.5) is 0 Å². The maximum Gasteiger partial charge on any atom is 0.182 e. The van der Waals surface area contributed by atoms with Crippen LogP contribution in [0.3, 0.4) is 0 Å². The van der Waals surface area contributed by atoms with Crippen molar-refractivity contribution >= 4 is 29.9 Å². The van der Waals surface area contributed by atoms with E-state index in [-0.39, 0.29) is 18.2 Å². The second kappa shape index (κ2) is 6.02. The van der Waals surface area contributed by atoms with E-state index in [1.165, 1.54) is 0 Å². The molecule has 2 atom stereocenters. The van der Waals surface area contributed by atoms with Crippen LogP contribution in [0.15, 0.2) is 17.1 Å². The van der Waals surface area contributed by atoms with Gasteiger partial charge in [0, 0.05) is 19.0 Å². The van der Waals surface area contributed by atoms with Gasteiger partial charge < -0.3 is 4.90 Å².